The quantitative estimate of drug-likeness (QED) is 0.541. The molecule has 3 atom stereocenters. The Balaban J connectivity index is 1.68. The second-order valence-corrected chi connectivity index (χ2v) is 9.52. The molecular formula is C26H30ClFO4. The highest BCUT2D eigenvalue weighted by Gasteiger charge is 2.32. The Morgan fingerprint density at radius 1 is 1.19 bits per heavy atom. The third-order valence-corrected chi connectivity index (χ3v) is 6.82. The molecule has 4 nitrogen and oxygen atoms in total. The molecule has 172 valence electrons. The van der Waals surface area contributed by atoms with Crippen molar-refractivity contribution in [3.63, 3.8) is 0 Å². The molecule has 2 aromatic rings. The lowest BCUT2D eigenvalue weighted by Gasteiger charge is -2.33. The van der Waals surface area contributed by atoms with E-state index in [4.69, 9.17) is 21.1 Å². The monoisotopic (exact) mass is 460 g/mol. The van der Waals surface area contributed by atoms with Crippen LogP contribution in [0.5, 0.6) is 5.75 Å². The van der Waals surface area contributed by atoms with Gasteiger partial charge in [0, 0.05) is 22.9 Å². The summed E-state index contributed by atoms with van der Waals surface area (Å²) in [4.78, 5) is 11.7. The number of aliphatic hydroxyl groups is 1. The van der Waals surface area contributed by atoms with Crippen molar-refractivity contribution >= 4 is 17.6 Å². The Morgan fingerprint density at radius 2 is 1.91 bits per heavy atom. The van der Waals surface area contributed by atoms with Crippen molar-refractivity contribution in [2.45, 2.75) is 70.0 Å². The number of aryl methyl sites for hydroxylation is 1. The van der Waals surface area contributed by atoms with Gasteiger partial charge < -0.3 is 14.6 Å². The molecule has 2 aliphatic rings. The number of rotatable bonds is 6. The molecule has 32 heavy (non-hydrogen) atoms. The van der Waals surface area contributed by atoms with E-state index < -0.39 is 18.2 Å². The number of hydrogen-bond donors (Lipinski definition) is 1. The van der Waals surface area contributed by atoms with Crippen LogP contribution in [0.3, 0.4) is 0 Å². The van der Waals surface area contributed by atoms with Crippen LogP contribution in [0.25, 0.3) is 0 Å². The van der Waals surface area contributed by atoms with Gasteiger partial charge in [-0.3, -0.25) is 4.79 Å². The van der Waals surface area contributed by atoms with Crippen molar-refractivity contribution in [2.75, 3.05) is 6.61 Å². The minimum atomic E-state index is -0.704. The summed E-state index contributed by atoms with van der Waals surface area (Å²) in [6, 6.07) is 10.5. The van der Waals surface area contributed by atoms with Crippen LogP contribution in [-0.4, -0.2) is 29.9 Å². The van der Waals surface area contributed by atoms with E-state index in [0.29, 0.717) is 17.4 Å². The van der Waals surface area contributed by atoms with E-state index in [1.54, 1.807) is 0 Å². The van der Waals surface area contributed by atoms with Crippen molar-refractivity contribution in [1.29, 1.82) is 0 Å². The third-order valence-electron chi connectivity index (χ3n) is 6.60. The van der Waals surface area contributed by atoms with Crippen molar-refractivity contribution in [3.05, 3.63) is 63.9 Å². The number of halogens is 2. The second-order valence-electron chi connectivity index (χ2n) is 9.08. The van der Waals surface area contributed by atoms with Gasteiger partial charge in [0.1, 0.15) is 24.3 Å². The summed E-state index contributed by atoms with van der Waals surface area (Å²) < 4.78 is 25.3. The lowest BCUT2D eigenvalue weighted by atomic mass is 9.73. The molecule has 1 saturated heterocycles. The zero-order valence-electron chi connectivity index (χ0n) is 18.4. The highest BCUT2D eigenvalue weighted by Crippen LogP contribution is 2.45. The molecule has 0 amide bonds. The average molecular weight is 461 g/mol. The van der Waals surface area contributed by atoms with Crippen molar-refractivity contribution in [3.8, 4) is 5.75 Å². The highest BCUT2D eigenvalue weighted by molar-refractivity contribution is 6.30. The number of carbonyl (C=O) groups is 1. The maximum absolute atomic E-state index is 13.7. The fourth-order valence-electron chi connectivity index (χ4n) is 5.17. The Kier molecular flexibility index (Phi) is 7.37. The second kappa shape index (κ2) is 10.2. The summed E-state index contributed by atoms with van der Waals surface area (Å²) >= 11 is 6.49. The first kappa shape index (κ1) is 23.1. The molecular weight excluding hydrogens is 431 g/mol. The zero-order chi connectivity index (χ0) is 22.7. The van der Waals surface area contributed by atoms with E-state index in [0.717, 1.165) is 35.3 Å². The Hall–Kier alpha value is -2.11. The smallest absolute Gasteiger partial charge is 0.308 e. The number of cyclic esters (lactones) is 1. The summed E-state index contributed by atoms with van der Waals surface area (Å²) in [7, 11) is 0. The van der Waals surface area contributed by atoms with Gasteiger partial charge in [0.2, 0.25) is 0 Å². The van der Waals surface area contributed by atoms with E-state index in [1.807, 2.05) is 31.2 Å². The van der Waals surface area contributed by atoms with Gasteiger partial charge in [-0.2, -0.15) is 0 Å². The van der Waals surface area contributed by atoms with Gasteiger partial charge in [-0.15, -0.1) is 0 Å². The van der Waals surface area contributed by atoms with Crippen LogP contribution in [-0.2, 0) is 9.53 Å². The summed E-state index contributed by atoms with van der Waals surface area (Å²) in [6.07, 6.45) is 4.97. The SMILES string of the molecule is Cc1cc(Cl)cc(C(c2ccc(F)cc2)C2CCCCC2)c1OC[C@@H]1C[C@@H](O)CC(=O)O1. The Bertz CT molecular complexity index is 940. The minimum absolute atomic E-state index is 0.0239. The molecule has 0 bridgehead atoms. The molecule has 0 radical (unpaired) electrons. The van der Waals surface area contributed by atoms with Crippen LogP contribution in [0.4, 0.5) is 4.39 Å². The van der Waals surface area contributed by atoms with Gasteiger partial charge in [-0.1, -0.05) is 43.0 Å². The maximum atomic E-state index is 13.7. The molecule has 1 heterocycles. The third kappa shape index (κ3) is 5.44. The molecule has 4 rings (SSSR count). The van der Waals surface area contributed by atoms with Crippen LogP contribution < -0.4 is 4.74 Å². The molecule has 1 unspecified atom stereocenters. The van der Waals surface area contributed by atoms with Gasteiger partial charge in [-0.05, 0) is 61.1 Å². The molecule has 1 saturated carbocycles. The fraction of sp³-hybridized carbons (Fsp3) is 0.500. The number of benzene rings is 2. The zero-order valence-corrected chi connectivity index (χ0v) is 19.1. The van der Waals surface area contributed by atoms with Crippen molar-refractivity contribution in [2.24, 2.45) is 5.92 Å². The Labute approximate surface area is 193 Å². The predicted molar refractivity (Wildman–Crippen MR) is 122 cm³/mol. The number of aliphatic hydroxyl groups excluding tert-OH is 1. The van der Waals surface area contributed by atoms with Gasteiger partial charge in [-0.25, -0.2) is 4.39 Å². The van der Waals surface area contributed by atoms with E-state index >= 15 is 0 Å². The van der Waals surface area contributed by atoms with Gasteiger partial charge >= 0.3 is 5.97 Å². The number of ether oxygens (including phenoxy) is 2. The summed E-state index contributed by atoms with van der Waals surface area (Å²) in [6.45, 7) is 2.12. The lowest BCUT2D eigenvalue weighted by molar-refractivity contribution is -0.162. The number of hydrogen-bond acceptors (Lipinski definition) is 4. The first-order valence-electron chi connectivity index (χ1n) is 11.5. The molecule has 0 spiro atoms. The summed E-state index contributed by atoms with van der Waals surface area (Å²) in [5.74, 6) is 0.501. The first-order valence-corrected chi connectivity index (χ1v) is 11.8. The van der Waals surface area contributed by atoms with E-state index in [-0.39, 0.29) is 24.8 Å². The van der Waals surface area contributed by atoms with Gasteiger partial charge in [0.15, 0.2) is 0 Å². The Morgan fingerprint density at radius 3 is 2.59 bits per heavy atom. The number of esters is 1. The molecule has 2 aromatic carbocycles. The summed E-state index contributed by atoms with van der Waals surface area (Å²) in [5, 5.41) is 10.5. The molecule has 1 aliphatic heterocycles. The first-order chi connectivity index (χ1) is 15.4. The largest absolute Gasteiger partial charge is 0.489 e. The van der Waals surface area contributed by atoms with Crippen LogP contribution in [0, 0.1) is 18.7 Å². The number of carbonyl (C=O) groups excluding carboxylic acids is 1. The van der Waals surface area contributed by atoms with Crippen LogP contribution in [0.15, 0.2) is 36.4 Å². The maximum Gasteiger partial charge on any atom is 0.308 e. The normalized spacial score (nSPS) is 22.9. The van der Waals surface area contributed by atoms with Crippen LogP contribution in [0.1, 0.15) is 67.6 Å². The van der Waals surface area contributed by atoms with Gasteiger partial charge in [0.05, 0.1) is 12.5 Å². The van der Waals surface area contributed by atoms with E-state index in [2.05, 4.69) is 0 Å². The molecule has 0 aromatic heterocycles. The molecule has 2 fully saturated rings. The highest BCUT2D eigenvalue weighted by atomic mass is 35.5. The summed E-state index contributed by atoms with van der Waals surface area (Å²) in [5.41, 5.74) is 2.93. The van der Waals surface area contributed by atoms with E-state index in [9.17, 15) is 14.3 Å². The molecule has 1 N–H and O–H groups in total. The minimum Gasteiger partial charge on any atom is -0.489 e. The standard InChI is InChI=1S/C26H30ClFO4/c1-16-11-19(27)12-23(26(16)31-15-22-13-21(29)14-24(30)32-22)25(17-5-3-2-4-6-17)18-7-9-20(28)10-8-18/h7-12,17,21-22,25,29H,2-6,13-15H2,1H3/t21-,22+,25?/m1/s1. The fourth-order valence-corrected chi connectivity index (χ4v) is 5.45. The lowest BCUT2D eigenvalue weighted by Crippen LogP contribution is -2.36. The molecule has 1 aliphatic carbocycles. The van der Waals surface area contributed by atoms with Crippen molar-refractivity contribution < 1.29 is 23.8 Å². The van der Waals surface area contributed by atoms with Crippen LogP contribution in [0.2, 0.25) is 5.02 Å². The van der Waals surface area contributed by atoms with Gasteiger partial charge in [0.25, 0.3) is 0 Å². The topological polar surface area (TPSA) is 55.8 Å². The average Bonchev–Trinajstić information content (AvgIpc) is 2.75. The van der Waals surface area contributed by atoms with Crippen LogP contribution >= 0.6 is 11.6 Å². The van der Waals surface area contributed by atoms with Crippen molar-refractivity contribution in [1.82, 2.24) is 0 Å². The predicted octanol–water partition coefficient (Wildman–Crippen LogP) is 5.95. The van der Waals surface area contributed by atoms with E-state index in [1.165, 1.54) is 31.4 Å². The molecule has 6 heteroatoms.